The summed E-state index contributed by atoms with van der Waals surface area (Å²) in [4.78, 5) is 30.4. The zero-order valence-electron chi connectivity index (χ0n) is 17.3. The summed E-state index contributed by atoms with van der Waals surface area (Å²) >= 11 is 0. The second-order valence-electron chi connectivity index (χ2n) is 7.45. The Morgan fingerprint density at radius 1 is 0.839 bits per heavy atom. The van der Waals surface area contributed by atoms with Crippen LogP contribution in [0.2, 0.25) is 0 Å². The number of hydrogen-bond acceptors (Lipinski definition) is 4. The number of rotatable bonds is 5. The first kappa shape index (κ1) is 20.3. The molecule has 1 amide bonds. The van der Waals surface area contributed by atoms with E-state index in [0.29, 0.717) is 16.8 Å². The van der Waals surface area contributed by atoms with E-state index in [2.05, 4.69) is 10.3 Å². The van der Waals surface area contributed by atoms with Crippen LogP contribution in [0.15, 0.2) is 84.9 Å². The molecule has 0 aliphatic heterocycles. The Kier molecular flexibility index (Phi) is 5.76. The summed E-state index contributed by atoms with van der Waals surface area (Å²) in [6, 6.07) is 25.7. The van der Waals surface area contributed by atoms with E-state index in [1.165, 1.54) is 0 Å². The van der Waals surface area contributed by atoms with E-state index in [1.807, 2.05) is 68.4 Å². The maximum atomic E-state index is 13.1. The van der Waals surface area contributed by atoms with Crippen molar-refractivity contribution in [3.8, 4) is 0 Å². The summed E-state index contributed by atoms with van der Waals surface area (Å²) in [5.74, 6) is -1.08. The van der Waals surface area contributed by atoms with Crippen LogP contribution in [0.5, 0.6) is 0 Å². The summed E-state index contributed by atoms with van der Waals surface area (Å²) in [6.07, 6.45) is -1.11. The summed E-state index contributed by atoms with van der Waals surface area (Å²) < 4.78 is 5.65. The number of aromatic nitrogens is 1. The van der Waals surface area contributed by atoms with Crippen LogP contribution in [0.4, 0.5) is 5.69 Å². The first-order valence-corrected chi connectivity index (χ1v) is 10.0. The Hall–Kier alpha value is -3.99. The van der Waals surface area contributed by atoms with Crippen molar-refractivity contribution in [3.05, 3.63) is 107 Å². The van der Waals surface area contributed by atoms with Gasteiger partial charge < -0.3 is 10.1 Å². The summed E-state index contributed by atoms with van der Waals surface area (Å²) in [5.41, 5.74) is 4.14. The largest absolute Gasteiger partial charge is 0.443 e. The molecule has 0 aliphatic rings. The van der Waals surface area contributed by atoms with Gasteiger partial charge in [-0.1, -0.05) is 60.7 Å². The maximum Gasteiger partial charge on any atom is 0.358 e. The van der Waals surface area contributed by atoms with E-state index in [1.54, 1.807) is 30.3 Å². The number of esters is 1. The third-order valence-electron chi connectivity index (χ3n) is 4.86. The van der Waals surface area contributed by atoms with Gasteiger partial charge in [0.05, 0.1) is 5.52 Å². The fourth-order valence-electron chi connectivity index (χ4n) is 3.50. The smallest absolute Gasteiger partial charge is 0.358 e. The molecule has 0 aliphatic carbocycles. The fourth-order valence-corrected chi connectivity index (χ4v) is 3.50. The number of amides is 1. The first-order chi connectivity index (χ1) is 15.0. The number of pyridine rings is 1. The van der Waals surface area contributed by atoms with Gasteiger partial charge in [0.1, 0.15) is 5.69 Å². The molecule has 5 nitrogen and oxygen atoms in total. The number of ether oxygens (including phenoxy) is 1. The van der Waals surface area contributed by atoms with Gasteiger partial charge in [0, 0.05) is 16.6 Å². The molecule has 154 valence electrons. The average molecular weight is 410 g/mol. The van der Waals surface area contributed by atoms with E-state index < -0.39 is 18.0 Å². The van der Waals surface area contributed by atoms with Crippen LogP contribution in [0.3, 0.4) is 0 Å². The number of benzene rings is 3. The molecule has 4 aromatic rings. The van der Waals surface area contributed by atoms with Crippen molar-refractivity contribution in [3.63, 3.8) is 0 Å². The molecule has 0 saturated heterocycles. The summed E-state index contributed by atoms with van der Waals surface area (Å²) in [7, 11) is 0. The van der Waals surface area contributed by atoms with Crippen LogP contribution in [-0.4, -0.2) is 16.9 Å². The van der Waals surface area contributed by atoms with E-state index in [4.69, 9.17) is 4.74 Å². The topological polar surface area (TPSA) is 68.3 Å². The highest BCUT2D eigenvalue weighted by Crippen LogP contribution is 2.23. The first-order valence-electron chi connectivity index (χ1n) is 10.0. The lowest BCUT2D eigenvalue weighted by Crippen LogP contribution is -2.26. The number of nitrogens with one attached hydrogen (secondary N) is 1. The van der Waals surface area contributed by atoms with Gasteiger partial charge >= 0.3 is 5.97 Å². The second kappa shape index (κ2) is 8.79. The van der Waals surface area contributed by atoms with Gasteiger partial charge in [-0.25, -0.2) is 9.78 Å². The van der Waals surface area contributed by atoms with E-state index in [9.17, 15) is 9.59 Å². The van der Waals surface area contributed by atoms with Crippen LogP contribution in [0, 0.1) is 13.8 Å². The molecule has 0 fully saturated rings. The standard InChI is InChI=1S/C26H22N2O3/c1-17-14-18(2)16-21(15-17)27-25(29)24(20-9-4-3-5-10-20)31-26(30)23-13-12-19-8-6-7-11-22(19)28-23/h3-16,24H,1-2H3,(H,27,29)/t24-/m1/s1. The number of aryl methyl sites for hydroxylation is 2. The number of fused-ring (bicyclic) bond motifs is 1. The van der Waals surface area contributed by atoms with Crippen LogP contribution in [0.1, 0.15) is 33.3 Å². The fraction of sp³-hybridized carbons (Fsp3) is 0.115. The van der Waals surface area contributed by atoms with Crippen LogP contribution < -0.4 is 5.32 Å². The van der Waals surface area contributed by atoms with Gasteiger partial charge in [-0.15, -0.1) is 0 Å². The Morgan fingerprint density at radius 3 is 2.26 bits per heavy atom. The van der Waals surface area contributed by atoms with Crippen molar-refractivity contribution in [2.45, 2.75) is 20.0 Å². The third kappa shape index (κ3) is 4.78. The minimum absolute atomic E-state index is 0.152. The van der Waals surface area contributed by atoms with Gasteiger partial charge in [-0.3, -0.25) is 4.79 Å². The van der Waals surface area contributed by atoms with Crippen molar-refractivity contribution >= 4 is 28.5 Å². The molecule has 0 radical (unpaired) electrons. The third-order valence-corrected chi connectivity index (χ3v) is 4.86. The summed E-state index contributed by atoms with van der Waals surface area (Å²) in [5, 5.41) is 3.79. The number of anilines is 1. The zero-order valence-corrected chi connectivity index (χ0v) is 17.3. The van der Waals surface area contributed by atoms with Gasteiger partial charge in [0.2, 0.25) is 6.10 Å². The van der Waals surface area contributed by atoms with Gasteiger partial charge in [-0.05, 0) is 49.2 Å². The zero-order chi connectivity index (χ0) is 21.8. The van der Waals surface area contributed by atoms with E-state index in [-0.39, 0.29) is 5.69 Å². The molecule has 1 aromatic heterocycles. The number of carbonyl (C=O) groups excluding carboxylic acids is 2. The molecule has 1 heterocycles. The lowest BCUT2D eigenvalue weighted by atomic mass is 10.1. The Balaban J connectivity index is 1.61. The molecule has 1 N–H and O–H groups in total. The van der Waals surface area contributed by atoms with Gasteiger partial charge in [-0.2, -0.15) is 0 Å². The number of nitrogens with zero attached hydrogens (tertiary/aromatic N) is 1. The molecule has 3 aromatic carbocycles. The molecule has 1 atom stereocenters. The van der Waals surface area contributed by atoms with Crippen molar-refractivity contribution in [1.82, 2.24) is 4.98 Å². The van der Waals surface area contributed by atoms with Gasteiger partial charge in [0.15, 0.2) is 0 Å². The van der Waals surface area contributed by atoms with Crippen molar-refractivity contribution in [1.29, 1.82) is 0 Å². The van der Waals surface area contributed by atoms with E-state index >= 15 is 0 Å². The lowest BCUT2D eigenvalue weighted by molar-refractivity contribution is -0.125. The summed E-state index contributed by atoms with van der Waals surface area (Å²) in [6.45, 7) is 3.92. The predicted molar refractivity (Wildman–Crippen MR) is 121 cm³/mol. The Bertz CT molecular complexity index is 1230. The molecule has 0 unspecified atom stereocenters. The maximum absolute atomic E-state index is 13.1. The predicted octanol–water partition coefficient (Wildman–Crippen LogP) is 5.39. The Labute approximate surface area is 180 Å². The molecular formula is C26H22N2O3. The Morgan fingerprint density at radius 2 is 1.52 bits per heavy atom. The minimum atomic E-state index is -1.11. The molecule has 0 saturated carbocycles. The van der Waals surface area contributed by atoms with Crippen LogP contribution in [-0.2, 0) is 9.53 Å². The van der Waals surface area contributed by atoms with Crippen LogP contribution >= 0.6 is 0 Å². The highest BCUT2D eigenvalue weighted by molar-refractivity contribution is 5.98. The van der Waals surface area contributed by atoms with Gasteiger partial charge in [0.25, 0.3) is 5.91 Å². The number of para-hydroxylation sites is 1. The average Bonchev–Trinajstić information content (AvgIpc) is 2.76. The van der Waals surface area contributed by atoms with Crippen molar-refractivity contribution in [2.24, 2.45) is 0 Å². The lowest BCUT2D eigenvalue weighted by Gasteiger charge is -2.18. The van der Waals surface area contributed by atoms with Crippen molar-refractivity contribution < 1.29 is 14.3 Å². The highest BCUT2D eigenvalue weighted by Gasteiger charge is 2.26. The quantitative estimate of drug-likeness (QED) is 0.448. The SMILES string of the molecule is Cc1cc(C)cc(NC(=O)[C@H](OC(=O)c2ccc3ccccc3n2)c2ccccc2)c1. The highest BCUT2D eigenvalue weighted by atomic mass is 16.5. The molecule has 31 heavy (non-hydrogen) atoms. The van der Waals surface area contributed by atoms with Crippen LogP contribution in [0.25, 0.3) is 10.9 Å². The number of hydrogen-bond donors (Lipinski definition) is 1. The van der Waals surface area contributed by atoms with Crippen molar-refractivity contribution in [2.75, 3.05) is 5.32 Å². The molecule has 0 spiro atoms. The minimum Gasteiger partial charge on any atom is -0.443 e. The second-order valence-corrected chi connectivity index (χ2v) is 7.45. The molecule has 5 heteroatoms. The van der Waals surface area contributed by atoms with E-state index in [0.717, 1.165) is 16.5 Å². The molecular weight excluding hydrogens is 388 g/mol. The molecule has 0 bridgehead atoms. The monoisotopic (exact) mass is 410 g/mol. The molecule has 4 rings (SSSR count). The normalized spacial score (nSPS) is 11.7. The number of carbonyl (C=O) groups is 2.